The first-order valence-corrected chi connectivity index (χ1v) is 9.26. The van der Waals surface area contributed by atoms with Crippen LogP contribution in [-0.2, 0) is 4.74 Å². The second-order valence-corrected chi connectivity index (χ2v) is 7.08. The molecule has 2 fully saturated rings. The highest BCUT2D eigenvalue weighted by Crippen LogP contribution is 2.35. The van der Waals surface area contributed by atoms with Crippen LogP contribution in [-0.4, -0.2) is 64.3 Å². The highest BCUT2D eigenvalue weighted by atomic mass is 16.5. The number of anilines is 1. The first-order valence-electron chi connectivity index (χ1n) is 9.26. The number of hydrogen-bond acceptors (Lipinski definition) is 6. The zero-order valence-corrected chi connectivity index (χ0v) is 15.4. The Hall–Kier alpha value is -2.93. The molecular formula is C20H21N5O2. The molecule has 0 saturated carbocycles. The van der Waals surface area contributed by atoms with E-state index in [2.05, 4.69) is 21.8 Å². The van der Waals surface area contributed by atoms with E-state index in [0.29, 0.717) is 35.7 Å². The standard InChI is InChI=1S/C20H21N5O2/c1-3-27-20(26)19-18(13-7-5-4-6-8-13)21-16-9-10-17(22-25(16)19)24-12-14-15(24)11-23(14)2/h4-10,14-15H,3,11-12H2,1-2H3/t14?,15-/m0/s1. The van der Waals surface area contributed by atoms with Gasteiger partial charge in [-0.05, 0) is 26.1 Å². The van der Waals surface area contributed by atoms with Crippen molar-refractivity contribution in [3.05, 3.63) is 48.2 Å². The Kier molecular flexibility index (Phi) is 3.65. The van der Waals surface area contributed by atoms with Gasteiger partial charge in [-0.2, -0.15) is 0 Å². The van der Waals surface area contributed by atoms with Gasteiger partial charge in [0.05, 0.1) is 12.6 Å². The number of likely N-dealkylation sites (tertiary alicyclic amines) is 1. The summed E-state index contributed by atoms with van der Waals surface area (Å²) < 4.78 is 6.93. The molecule has 0 bridgehead atoms. The highest BCUT2D eigenvalue weighted by molar-refractivity contribution is 5.95. The number of nitrogens with zero attached hydrogens (tertiary/aromatic N) is 5. The van der Waals surface area contributed by atoms with Crippen molar-refractivity contribution >= 4 is 17.4 Å². The summed E-state index contributed by atoms with van der Waals surface area (Å²) in [5.41, 5.74) is 2.49. The molecule has 2 aliphatic rings. The molecule has 1 aromatic carbocycles. The van der Waals surface area contributed by atoms with Crippen molar-refractivity contribution in [2.75, 3.05) is 31.6 Å². The number of esters is 1. The maximum absolute atomic E-state index is 12.7. The van der Waals surface area contributed by atoms with E-state index in [1.165, 1.54) is 0 Å². The average Bonchev–Trinajstić information content (AvgIpc) is 3.05. The molecule has 7 nitrogen and oxygen atoms in total. The van der Waals surface area contributed by atoms with Gasteiger partial charge in [0.1, 0.15) is 11.5 Å². The minimum Gasteiger partial charge on any atom is -0.461 e. The van der Waals surface area contributed by atoms with Gasteiger partial charge in [0.25, 0.3) is 0 Å². The average molecular weight is 363 g/mol. The number of carbonyl (C=O) groups excluding carboxylic acids is 1. The lowest BCUT2D eigenvalue weighted by Gasteiger charge is -2.61. The third-order valence-corrected chi connectivity index (χ3v) is 5.54. The number of rotatable bonds is 4. The molecular weight excluding hydrogens is 342 g/mol. The first kappa shape index (κ1) is 16.3. The fraction of sp³-hybridized carbons (Fsp3) is 0.350. The lowest BCUT2D eigenvalue weighted by atomic mass is 9.86. The molecule has 0 radical (unpaired) electrons. The summed E-state index contributed by atoms with van der Waals surface area (Å²) in [6.45, 7) is 4.13. The van der Waals surface area contributed by atoms with Gasteiger partial charge in [-0.1, -0.05) is 30.3 Å². The summed E-state index contributed by atoms with van der Waals surface area (Å²) in [6.07, 6.45) is 0. The van der Waals surface area contributed by atoms with Gasteiger partial charge < -0.3 is 9.64 Å². The molecule has 5 rings (SSSR count). The molecule has 0 N–H and O–H groups in total. The largest absolute Gasteiger partial charge is 0.461 e. The maximum Gasteiger partial charge on any atom is 0.359 e. The van der Waals surface area contributed by atoms with Gasteiger partial charge in [-0.3, -0.25) is 4.90 Å². The summed E-state index contributed by atoms with van der Waals surface area (Å²) in [7, 11) is 2.15. The summed E-state index contributed by atoms with van der Waals surface area (Å²) in [5.74, 6) is 0.470. The molecule has 0 amide bonds. The normalized spacial score (nSPS) is 21.5. The Morgan fingerprint density at radius 1 is 1.15 bits per heavy atom. The monoisotopic (exact) mass is 363 g/mol. The summed E-state index contributed by atoms with van der Waals surface area (Å²) >= 11 is 0. The molecule has 27 heavy (non-hydrogen) atoms. The zero-order chi connectivity index (χ0) is 18.5. The number of fused-ring (bicyclic) bond motifs is 2. The summed E-state index contributed by atoms with van der Waals surface area (Å²) in [6, 6.07) is 14.7. The van der Waals surface area contributed by atoms with Crippen LogP contribution in [0.15, 0.2) is 42.5 Å². The van der Waals surface area contributed by atoms with E-state index >= 15 is 0 Å². The predicted octanol–water partition coefficient (Wildman–Crippen LogP) is 2.08. The van der Waals surface area contributed by atoms with Crippen molar-refractivity contribution in [2.24, 2.45) is 0 Å². The Morgan fingerprint density at radius 2 is 1.96 bits per heavy atom. The number of piperazine rings is 1. The Bertz CT molecular complexity index is 1020. The van der Waals surface area contributed by atoms with Crippen molar-refractivity contribution < 1.29 is 9.53 Å². The van der Waals surface area contributed by atoms with Gasteiger partial charge in [0.2, 0.25) is 0 Å². The molecule has 0 spiro atoms. The van der Waals surface area contributed by atoms with Crippen LogP contribution >= 0.6 is 0 Å². The number of carbonyl (C=O) groups is 1. The predicted molar refractivity (Wildman–Crippen MR) is 102 cm³/mol. The minimum absolute atomic E-state index is 0.308. The lowest BCUT2D eigenvalue weighted by molar-refractivity contribution is 0.0359. The van der Waals surface area contributed by atoms with E-state index in [1.54, 1.807) is 11.4 Å². The van der Waals surface area contributed by atoms with E-state index in [9.17, 15) is 4.79 Å². The molecule has 4 heterocycles. The fourth-order valence-electron chi connectivity index (χ4n) is 3.99. The second-order valence-electron chi connectivity index (χ2n) is 7.08. The van der Waals surface area contributed by atoms with E-state index in [1.807, 2.05) is 42.5 Å². The van der Waals surface area contributed by atoms with Crippen molar-refractivity contribution in [2.45, 2.75) is 19.0 Å². The van der Waals surface area contributed by atoms with Crippen LogP contribution in [0.5, 0.6) is 0 Å². The quantitative estimate of drug-likeness (QED) is 0.662. The van der Waals surface area contributed by atoms with Crippen LogP contribution in [0.3, 0.4) is 0 Å². The summed E-state index contributed by atoms with van der Waals surface area (Å²) in [4.78, 5) is 22.0. The van der Waals surface area contributed by atoms with Crippen LogP contribution in [0.4, 0.5) is 5.82 Å². The molecule has 0 aliphatic carbocycles. The topological polar surface area (TPSA) is 63.0 Å². The Balaban J connectivity index is 1.61. The first-order chi connectivity index (χ1) is 13.2. The van der Waals surface area contributed by atoms with E-state index < -0.39 is 5.97 Å². The van der Waals surface area contributed by atoms with Gasteiger partial charge >= 0.3 is 5.97 Å². The number of likely N-dealkylation sites (N-methyl/N-ethyl adjacent to an activating group) is 1. The van der Waals surface area contributed by atoms with Crippen LogP contribution in [0.25, 0.3) is 16.9 Å². The third kappa shape index (κ3) is 2.42. The van der Waals surface area contributed by atoms with Crippen molar-refractivity contribution in [3.8, 4) is 11.3 Å². The lowest BCUT2D eigenvalue weighted by Crippen LogP contribution is -2.78. The van der Waals surface area contributed by atoms with Crippen molar-refractivity contribution in [1.29, 1.82) is 0 Å². The molecule has 1 unspecified atom stereocenters. The third-order valence-electron chi connectivity index (χ3n) is 5.54. The van der Waals surface area contributed by atoms with E-state index in [4.69, 9.17) is 9.84 Å². The zero-order valence-electron chi connectivity index (χ0n) is 15.4. The number of ether oxygens (including phenoxy) is 1. The summed E-state index contributed by atoms with van der Waals surface area (Å²) in [5, 5.41) is 4.75. The molecule has 138 valence electrons. The number of imidazole rings is 1. The number of benzene rings is 1. The van der Waals surface area contributed by atoms with Gasteiger partial charge in [-0.15, -0.1) is 5.10 Å². The molecule has 2 atom stereocenters. The van der Waals surface area contributed by atoms with Crippen LogP contribution in [0.1, 0.15) is 17.4 Å². The SMILES string of the molecule is CCOC(=O)c1c(-c2ccccc2)nc2ccc(N3CC4[C@@H]3CN4C)nn12. The molecule has 2 aromatic heterocycles. The number of hydrogen-bond donors (Lipinski definition) is 0. The minimum atomic E-state index is -0.404. The molecule has 7 heteroatoms. The number of aromatic nitrogens is 3. The maximum atomic E-state index is 12.7. The molecule has 3 aromatic rings. The smallest absolute Gasteiger partial charge is 0.359 e. The van der Waals surface area contributed by atoms with Crippen LogP contribution < -0.4 is 4.90 Å². The highest BCUT2D eigenvalue weighted by Gasteiger charge is 2.50. The van der Waals surface area contributed by atoms with Gasteiger partial charge in [0.15, 0.2) is 11.3 Å². The molecule has 2 saturated heterocycles. The van der Waals surface area contributed by atoms with Crippen molar-refractivity contribution in [3.63, 3.8) is 0 Å². The van der Waals surface area contributed by atoms with E-state index in [-0.39, 0.29) is 0 Å². The van der Waals surface area contributed by atoms with Crippen molar-refractivity contribution in [1.82, 2.24) is 19.5 Å². The van der Waals surface area contributed by atoms with Crippen LogP contribution in [0.2, 0.25) is 0 Å². The second kappa shape index (κ2) is 6.06. The Labute approximate surface area is 157 Å². The van der Waals surface area contributed by atoms with E-state index in [0.717, 1.165) is 24.5 Å². The molecule has 2 aliphatic heterocycles. The fourth-order valence-corrected chi connectivity index (χ4v) is 3.99. The Morgan fingerprint density at radius 3 is 2.63 bits per heavy atom. The van der Waals surface area contributed by atoms with Gasteiger partial charge in [0, 0.05) is 24.7 Å². The van der Waals surface area contributed by atoms with Crippen LogP contribution in [0, 0.1) is 0 Å². The van der Waals surface area contributed by atoms with Gasteiger partial charge in [-0.25, -0.2) is 14.3 Å².